The summed E-state index contributed by atoms with van der Waals surface area (Å²) in [5, 5.41) is 0. The van der Waals surface area contributed by atoms with Crippen LogP contribution in [0.3, 0.4) is 0 Å². The maximum absolute atomic E-state index is 11.5. The monoisotopic (exact) mass is 265 g/mol. The van der Waals surface area contributed by atoms with E-state index in [1.54, 1.807) is 19.1 Å². The summed E-state index contributed by atoms with van der Waals surface area (Å²) in [5.41, 5.74) is 6.53. The van der Waals surface area contributed by atoms with Crippen molar-refractivity contribution < 1.29 is 14.3 Å². The van der Waals surface area contributed by atoms with E-state index >= 15 is 0 Å². The molecule has 0 saturated carbocycles. The molecule has 0 amide bonds. The molecule has 1 aromatic rings. The normalized spacial score (nSPS) is 11.9. The zero-order chi connectivity index (χ0) is 14.1. The summed E-state index contributed by atoms with van der Waals surface area (Å²) in [6.45, 7) is 4.98. The predicted octanol–water partition coefficient (Wildman–Crippen LogP) is 2.82. The number of hydrogen-bond acceptors (Lipinski definition) is 4. The van der Waals surface area contributed by atoms with Crippen LogP contribution in [0.1, 0.15) is 44.7 Å². The van der Waals surface area contributed by atoms with Gasteiger partial charge in [-0.05, 0) is 31.0 Å². The molecule has 0 heterocycles. The van der Waals surface area contributed by atoms with Gasteiger partial charge in [0.05, 0.1) is 13.2 Å². The molecule has 2 N–H and O–H groups in total. The summed E-state index contributed by atoms with van der Waals surface area (Å²) in [6.07, 6.45) is 3.41. The minimum absolute atomic E-state index is 0.338. The summed E-state index contributed by atoms with van der Waals surface area (Å²) < 4.78 is 10.5. The van der Waals surface area contributed by atoms with Crippen LogP contribution in [0.15, 0.2) is 24.3 Å². The van der Waals surface area contributed by atoms with Gasteiger partial charge in [-0.25, -0.2) is 4.79 Å². The molecule has 0 fully saturated rings. The van der Waals surface area contributed by atoms with Crippen molar-refractivity contribution in [2.45, 2.75) is 39.2 Å². The largest absolute Gasteiger partial charge is 0.494 e. The molecule has 106 valence electrons. The highest BCUT2D eigenvalue weighted by atomic mass is 16.5. The van der Waals surface area contributed by atoms with Crippen molar-refractivity contribution in [3.05, 3.63) is 29.8 Å². The standard InChI is InChI=1S/C15H23NO3/c1-3-5-6-11-19-13-9-7-12(8-10-13)14(16)15(17)18-4-2/h7-10,14H,3-6,11,16H2,1-2H3/t14-/m1/s1. The van der Waals surface area contributed by atoms with E-state index in [9.17, 15) is 4.79 Å². The molecule has 0 bridgehead atoms. The fraction of sp³-hybridized carbons (Fsp3) is 0.533. The number of hydrogen-bond donors (Lipinski definition) is 1. The second kappa shape index (κ2) is 8.53. The summed E-state index contributed by atoms with van der Waals surface area (Å²) in [7, 11) is 0. The molecule has 4 heteroatoms. The average molecular weight is 265 g/mol. The zero-order valence-electron chi connectivity index (χ0n) is 11.7. The highest BCUT2D eigenvalue weighted by Crippen LogP contribution is 2.17. The number of ether oxygens (including phenoxy) is 2. The van der Waals surface area contributed by atoms with Crippen molar-refractivity contribution in [1.82, 2.24) is 0 Å². The van der Waals surface area contributed by atoms with Gasteiger partial charge in [-0.1, -0.05) is 31.9 Å². The van der Waals surface area contributed by atoms with Gasteiger partial charge in [-0.15, -0.1) is 0 Å². The van der Waals surface area contributed by atoms with E-state index in [4.69, 9.17) is 15.2 Å². The first-order valence-electron chi connectivity index (χ1n) is 6.84. The Morgan fingerprint density at radius 1 is 1.21 bits per heavy atom. The zero-order valence-corrected chi connectivity index (χ0v) is 11.7. The molecule has 0 aliphatic carbocycles. The lowest BCUT2D eigenvalue weighted by molar-refractivity contribution is -0.144. The number of rotatable bonds is 8. The Hall–Kier alpha value is -1.55. The maximum atomic E-state index is 11.5. The van der Waals surface area contributed by atoms with Gasteiger partial charge in [0.1, 0.15) is 11.8 Å². The van der Waals surface area contributed by atoms with Gasteiger partial charge in [0.25, 0.3) is 0 Å². The molecule has 4 nitrogen and oxygen atoms in total. The van der Waals surface area contributed by atoms with E-state index in [2.05, 4.69) is 6.92 Å². The summed E-state index contributed by atoms with van der Waals surface area (Å²) in [6, 6.07) is 6.54. The quantitative estimate of drug-likeness (QED) is 0.580. The number of benzene rings is 1. The van der Waals surface area contributed by atoms with E-state index in [-0.39, 0.29) is 0 Å². The van der Waals surface area contributed by atoms with Crippen LogP contribution in [0.25, 0.3) is 0 Å². The average Bonchev–Trinajstić information content (AvgIpc) is 2.44. The van der Waals surface area contributed by atoms with Crippen molar-refractivity contribution >= 4 is 5.97 Å². The van der Waals surface area contributed by atoms with Crippen LogP contribution in [0.2, 0.25) is 0 Å². The Morgan fingerprint density at radius 2 is 1.89 bits per heavy atom. The van der Waals surface area contributed by atoms with Gasteiger partial charge in [0.2, 0.25) is 0 Å². The SMILES string of the molecule is CCCCCOc1ccc([C@@H](N)C(=O)OCC)cc1. The molecular weight excluding hydrogens is 242 g/mol. The minimum atomic E-state index is -0.728. The van der Waals surface area contributed by atoms with Crippen LogP contribution < -0.4 is 10.5 Å². The lowest BCUT2D eigenvalue weighted by Gasteiger charge is -2.12. The fourth-order valence-corrected chi connectivity index (χ4v) is 1.68. The second-order valence-electron chi connectivity index (χ2n) is 4.35. The highest BCUT2D eigenvalue weighted by molar-refractivity contribution is 5.77. The third-order valence-corrected chi connectivity index (χ3v) is 2.80. The van der Waals surface area contributed by atoms with Crippen molar-refractivity contribution in [1.29, 1.82) is 0 Å². The Labute approximate surface area is 114 Å². The fourth-order valence-electron chi connectivity index (χ4n) is 1.68. The Bertz CT molecular complexity index is 375. The van der Waals surface area contributed by atoms with E-state index in [0.717, 1.165) is 24.3 Å². The van der Waals surface area contributed by atoms with Crippen LogP contribution in [0.4, 0.5) is 0 Å². The van der Waals surface area contributed by atoms with E-state index in [1.165, 1.54) is 12.8 Å². The third-order valence-electron chi connectivity index (χ3n) is 2.80. The molecule has 0 aromatic heterocycles. The van der Waals surface area contributed by atoms with Gasteiger partial charge >= 0.3 is 5.97 Å². The first-order chi connectivity index (χ1) is 9.19. The molecular formula is C15H23NO3. The van der Waals surface area contributed by atoms with Gasteiger partial charge in [0.15, 0.2) is 0 Å². The lowest BCUT2D eigenvalue weighted by atomic mass is 10.1. The van der Waals surface area contributed by atoms with Gasteiger partial charge < -0.3 is 15.2 Å². The number of esters is 1. The second-order valence-corrected chi connectivity index (χ2v) is 4.35. The molecule has 19 heavy (non-hydrogen) atoms. The lowest BCUT2D eigenvalue weighted by Crippen LogP contribution is -2.23. The number of carbonyl (C=O) groups excluding carboxylic acids is 1. The van der Waals surface area contributed by atoms with Gasteiger partial charge in [-0.2, -0.15) is 0 Å². The molecule has 0 aliphatic rings. The molecule has 0 aliphatic heterocycles. The van der Waals surface area contributed by atoms with Crippen LogP contribution in [0, 0.1) is 0 Å². The van der Waals surface area contributed by atoms with Crippen LogP contribution in [-0.4, -0.2) is 19.2 Å². The van der Waals surface area contributed by atoms with E-state index in [0.29, 0.717) is 6.61 Å². The van der Waals surface area contributed by atoms with Crippen LogP contribution in [0.5, 0.6) is 5.75 Å². The minimum Gasteiger partial charge on any atom is -0.494 e. The van der Waals surface area contributed by atoms with Crippen molar-refractivity contribution in [2.75, 3.05) is 13.2 Å². The van der Waals surface area contributed by atoms with Crippen LogP contribution in [-0.2, 0) is 9.53 Å². The first-order valence-corrected chi connectivity index (χ1v) is 6.84. The van der Waals surface area contributed by atoms with Crippen molar-refractivity contribution in [2.24, 2.45) is 5.73 Å². The number of nitrogens with two attached hydrogens (primary N) is 1. The van der Waals surface area contributed by atoms with E-state index in [1.807, 2.05) is 12.1 Å². The Kier molecular flexibility index (Phi) is 6.97. The molecule has 1 atom stereocenters. The van der Waals surface area contributed by atoms with Gasteiger partial charge in [-0.3, -0.25) is 0 Å². The van der Waals surface area contributed by atoms with Gasteiger partial charge in [0, 0.05) is 0 Å². The molecule has 0 unspecified atom stereocenters. The summed E-state index contributed by atoms with van der Waals surface area (Å²) >= 11 is 0. The maximum Gasteiger partial charge on any atom is 0.327 e. The van der Waals surface area contributed by atoms with Crippen molar-refractivity contribution in [3.63, 3.8) is 0 Å². The molecule has 0 spiro atoms. The predicted molar refractivity (Wildman–Crippen MR) is 75.0 cm³/mol. The summed E-state index contributed by atoms with van der Waals surface area (Å²) in [4.78, 5) is 11.5. The number of carbonyl (C=O) groups is 1. The van der Waals surface area contributed by atoms with Crippen LogP contribution >= 0.6 is 0 Å². The first kappa shape index (κ1) is 15.5. The molecule has 1 rings (SSSR count). The Morgan fingerprint density at radius 3 is 2.47 bits per heavy atom. The molecule has 0 radical (unpaired) electrons. The van der Waals surface area contributed by atoms with E-state index < -0.39 is 12.0 Å². The smallest absolute Gasteiger partial charge is 0.327 e. The highest BCUT2D eigenvalue weighted by Gasteiger charge is 2.16. The molecule has 1 aromatic carbocycles. The Balaban J connectivity index is 2.48. The molecule has 0 saturated heterocycles. The van der Waals surface area contributed by atoms with Crippen molar-refractivity contribution in [3.8, 4) is 5.75 Å². The topological polar surface area (TPSA) is 61.5 Å². The third kappa shape index (κ3) is 5.30. The summed E-state index contributed by atoms with van der Waals surface area (Å²) in [5.74, 6) is 0.398. The number of unbranched alkanes of at least 4 members (excludes halogenated alkanes) is 2.